The van der Waals surface area contributed by atoms with Crippen LogP contribution in [0.1, 0.15) is 31.9 Å². The smallest absolute Gasteiger partial charge is 0.232 e. The van der Waals surface area contributed by atoms with Gasteiger partial charge in [0, 0.05) is 24.0 Å². The second kappa shape index (κ2) is 7.63. The fourth-order valence-electron chi connectivity index (χ4n) is 3.87. The fourth-order valence-corrected chi connectivity index (χ4v) is 4.52. The summed E-state index contributed by atoms with van der Waals surface area (Å²) in [7, 11) is 1.66. The number of hydrogen-bond acceptors (Lipinski definition) is 6. The van der Waals surface area contributed by atoms with Crippen molar-refractivity contribution in [1.29, 1.82) is 0 Å². The molecule has 3 aromatic rings. The lowest BCUT2D eigenvalue weighted by molar-refractivity contribution is 0.0872. The van der Waals surface area contributed by atoms with E-state index in [9.17, 15) is 4.79 Å². The molecule has 0 amide bonds. The number of fused-ring (bicyclic) bond motifs is 3. The van der Waals surface area contributed by atoms with Gasteiger partial charge in [0.15, 0.2) is 5.76 Å². The minimum atomic E-state index is -0.0639. The highest BCUT2D eigenvalue weighted by Gasteiger charge is 2.35. The van der Waals surface area contributed by atoms with Gasteiger partial charge in [-0.15, -0.1) is 11.3 Å². The Morgan fingerprint density at radius 1 is 1.23 bits per heavy atom. The van der Waals surface area contributed by atoms with Crippen LogP contribution in [-0.2, 0) is 13.1 Å². The summed E-state index contributed by atoms with van der Waals surface area (Å²) in [5.74, 6) is 2.58. The number of thiophene rings is 1. The maximum Gasteiger partial charge on any atom is 0.232 e. The number of carbonyl (C=O) groups excluding carboxylic acids is 1. The monoisotopic (exact) mass is 419 g/mol. The SMILES string of the molecule is COc1ccc(CN2COc3cc(C)c4c(c3C2)O/C(=C\c2cccs2)C4=O)cc1. The van der Waals surface area contributed by atoms with Gasteiger partial charge >= 0.3 is 0 Å². The molecule has 2 aliphatic heterocycles. The molecule has 0 saturated heterocycles. The van der Waals surface area contributed by atoms with Crippen LogP contribution in [0.4, 0.5) is 0 Å². The van der Waals surface area contributed by atoms with E-state index < -0.39 is 0 Å². The van der Waals surface area contributed by atoms with Crippen molar-refractivity contribution in [2.45, 2.75) is 20.0 Å². The fraction of sp³-hybridized carbons (Fsp3) is 0.208. The highest BCUT2D eigenvalue weighted by atomic mass is 32.1. The van der Waals surface area contributed by atoms with E-state index in [0.29, 0.717) is 30.3 Å². The number of aryl methyl sites for hydroxylation is 1. The van der Waals surface area contributed by atoms with Gasteiger partial charge in [-0.1, -0.05) is 18.2 Å². The second-order valence-corrected chi connectivity index (χ2v) is 8.42. The Balaban J connectivity index is 1.43. The molecule has 0 bridgehead atoms. The van der Waals surface area contributed by atoms with Crippen LogP contribution in [0.3, 0.4) is 0 Å². The van der Waals surface area contributed by atoms with Crippen LogP contribution in [-0.4, -0.2) is 24.5 Å². The Labute approximate surface area is 179 Å². The number of carbonyl (C=O) groups is 1. The third kappa shape index (κ3) is 3.38. The van der Waals surface area contributed by atoms with Gasteiger partial charge in [0.1, 0.15) is 24.0 Å². The average Bonchev–Trinajstić information content (AvgIpc) is 3.38. The maximum absolute atomic E-state index is 13.0. The number of methoxy groups -OCH3 is 1. The van der Waals surface area contributed by atoms with Gasteiger partial charge in [-0.2, -0.15) is 0 Å². The number of Topliss-reactive ketones (excluding diaryl/α,β-unsaturated/α-hetero) is 1. The molecule has 0 atom stereocenters. The molecule has 3 heterocycles. The van der Waals surface area contributed by atoms with Crippen LogP contribution in [0.15, 0.2) is 53.6 Å². The van der Waals surface area contributed by atoms with E-state index in [2.05, 4.69) is 17.0 Å². The van der Waals surface area contributed by atoms with Crippen LogP contribution in [0.2, 0.25) is 0 Å². The van der Waals surface area contributed by atoms with Crippen molar-refractivity contribution in [1.82, 2.24) is 4.90 Å². The Bertz CT molecular complexity index is 1130. The summed E-state index contributed by atoms with van der Waals surface area (Å²) in [6.07, 6.45) is 1.82. The van der Waals surface area contributed by atoms with Crippen LogP contribution in [0, 0.1) is 6.92 Å². The molecule has 0 aliphatic carbocycles. The summed E-state index contributed by atoms with van der Waals surface area (Å²) >= 11 is 1.58. The van der Waals surface area contributed by atoms with Crippen LogP contribution in [0.5, 0.6) is 17.2 Å². The number of ketones is 1. The minimum absolute atomic E-state index is 0.0639. The van der Waals surface area contributed by atoms with Gasteiger partial charge in [0.25, 0.3) is 0 Å². The summed E-state index contributed by atoms with van der Waals surface area (Å²) in [6.45, 7) is 3.81. The second-order valence-electron chi connectivity index (χ2n) is 7.44. The predicted molar refractivity (Wildman–Crippen MR) is 116 cm³/mol. The Morgan fingerprint density at radius 2 is 2.07 bits per heavy atom. The van der Waals surface area contributed by atoms with E-state index in [1.165, 1.54) is 5.56 Å². The maximum atomic E-state index is 13.0. The van der Waals surface area contributed by atoms with Crippen LogP contribution < -0.4 is 14.2 Å². The first-order valence-corrected chi connectivity index (χ1v) is 10.6. The lowest BCUT2D eigenvalue weighted by Gasteiger charge is -2.30. The van der Waals surface area contributed by atoms with Gasteiger partial charge in [0.05, 0.1) is 18.2 Å². The quantitative estimate of drug-likeness (QED) is 0.555. The molecular formula is C24H21NO4S. The molecule has 6 heteroatoms. The molecule has 0 radical (unpaired) electrons. The molecule has 2 aliphatic rings. The number of allylic oxidation sites excluding steroid dienone is 1. The molecule has 5 nitrogen and oxygen atoms in total. The summed E-state index contributed by atoms with van der Waals surface area (Å²) in [4.78, 5) is 16.2. The van der Waals surface area contributed by atoms with Crippen molar-refractivity contribution in [2.24, 2.45) is 0 Å². The molecule has 2 aromatic carbocycles. The number of hydrogen-bond donors (Lipinski definition) is 0. The van der Waals surface area contributed by atoms with Crippen molar-refractivity contribution >= 4 is 23.2 Å². The summed E-state index contributed by atoms with van der Waals surface area (Å²) in [5.41, 5.74) is 3.62. The number of benzene rings is 2. The lowest BCUT2D eigenvalue weighted by atomic mass is 9.98. The molecule has 0 spiro atoms. The van der Waals surface area contributed by atoms with Crippen molar-refractivity contribution in [3.05, 3.63) is 80.7 Å². The first kappa shape index (κ1) is 18.9. The summed E-state index contributed by atoms with van der Waals surface area (Å²) in [6, 6.07) is 13.9. The van der Waals surface area contributed by atoms with Gasteiger partial charge in [0.2, 0.25) is 5.78 Å². The van der Waals surface area contributed by atoms with E-state index in [-0.39, 0.29) is 5.78 Å². The molecule has 152 valence electrons. The third-order valence-electron chi connectivity index (χ3n) is 5.37. The third-order valence-corrected chi connectivity index (χ3v) is 6.19. The van der Waals surface area contributed by atoms with E-state index in [4.69, 9.17) is 14.2 Å². The molecule has 30 heavy (non-hydrogen) atoms. The van der Waals surface area contributed by atoms with Gasteiger partial charge < -0.3 is 14.2 Å². The Hall–Kier alpha value is -3.09. The first-order chi connectivity index (χ1) is 14.6. The van der Waals surface area contributed by atoms with Gasteiger partial charge in [-0.25, -0.2) is 0 Å². The highest BCUT2D eigenvalue weighted by Crippen LogP contribution is 2.44. The molecule has 0 unspecified atom stereocenters. The van der Waals surface area contributed by atoms with E-state index in [0.717, 1.165) is 34.0 Å². The lowest BCUT2D eigenvalue weighted by Crippen LogP contribution is -2.31. The topological polar surface area (TPSA) is 48.0 Å². The van der Waals surface area contributed by atoms with Crippen LogP contribution >= 0.6 is 11.3 Å². The summed E-state index contributed by atoms with van der Waals surface area (Å²) in [5, 5.41) is 1.98. The van der Waals surface area contributed by atoms with E-state index in [1.54, 1.807) is 18.4 Å². The molecule has 0 fully saturated rings. The largest absolute Gasteiger partial charge is 0.497 e. The van der Waals surface area contributed by atoms with Crippen molar-refractivity contribution < 1.29 is 19.0 Å². The van der Waals surface area contributed by atoms with Crippen LogP contribution in [0.25, 0.3) is 6.08 Å². The number of ether oxygens (including phenoxy) is 3. The zero-order valence-corrected chi connectivity index (χ0v) is 17.6. The standard InChI is InChI=1S/C24H21NO4S/c1-15-10-20-19(13-25(14-28-20)12-16-5-7-17(27-2)8-6-16)24-22(15)23(26)21(29-24)11-18-4-3-9-30-18/h3-11H,12-14H2,1-2H3/b21-11-. The number of rotatable bonds is 4. The minimum Gasteiger partial charge on any atom is -0.497 e. The zero-order valence-electron chi connectivity index (χ0n) is 16.8. The molecule has 0 saturated carbocycles. The van der Waals surface area contributed by atoms with Gasteiger partial charge in [-0.05, 0) is 47.7 Å². The highest BCUT2D eigenvalue weighted by molar-refractivity contribution is 7.10. The normalized spacial score (nSPS) is 16.7. The molecule has 0 N–H and O–H groups in total. The average molecular weight is 420 g/mol. The Kier molecular flexibility index (Phi) is 4.81. The van der Waals surface area contributed by atoms with Crippen molar-refractivity contribution in [3.8, 4) is 17.2 Å². The van der Waals surface area contributed by atoms with E-state index in [1.807, 2.05) is 48.7 Å². The predicted octanol–water partition coefficient (Wildman–Crippen LogP) is 5.03. The van der Waals surface area contributed by atoms with Crippen molar-refractivity contribution in [2.75, 3.05) is 13.8 Å². The Morgan fingerprint density at radius 3 is 2.80 bits per heavy atom. The molecule has 1 aromatic heterocycles. The first-order valence-electron chi connectivity index (χ1n) is 9.74. The zero-order chi connectivity index (χ0) is 20.7. The van der Waals surface area contributed by atoms with E-state index >= 15 is 0 Å². The molecular weight excluding hydrogens is 398 g/mol. The number of nitrogens with zero attached hydrogens (tertiary/aromatic N) is 1. The molecule has 5 rings (SSSR count). The summed E-state index contributed by atoms with van der Waals surface area (Å²) < 4.78 is 17.4. The van der Waals surface area contributed by atoms with Crippen molar-refractivity contribution in [3.63, 3.8) is 0 Å². The van der Waals surface area contributed by atoms with Gasteiger partial charge in [-0.3, -0.25) is 9.69 Å².